The molecule has 0 spiro atoms. The SMILES string of the molecule is C=C(N)N1CCC[C@H](N)C1=O. The van der Waals surface area contributed by atoms with Crippen LogP contribution in [0.15, 0.2) is 12.4 Å². The van der Waals surface area contributed by atoms with Crippen LogP contribution in [0.25, 0.3) is 0 Å². The summed E-state index contributed by atoms with van der Waals surface area (Å²) in [5, 5.41) is 0. The number of hydrogen-bond donors (Lipinski definition) is 2. The Hall–Kier alpha value is -1.03. The molecule has 1 aliphatic heterocycles. The Bertz CT molecular complexity index is 190. The van der Waals surface area contributed by atoms with Crippen molar-refractivity contribution in [2.45, 2.75) is 18.9 Å². The van der Waals surface area contributed by atoms with Crippen molar-refractivity contribution in [3.63, 3.8) is 0 Å². The number of piperidine rings is 1. The van der Waals surface area contributed by atoms with Crippen LogP contribution in [-0.2, 0) is 4.79 Å². The minimum absolute atomic E-state index is 0.108. The van der Waals surface area contributed by atoms with Gasteiger partial charge in [-0.05, 0) is 12.8 Å². The monoisotopic (exact) mass is 155 g/mol. The lowest BCUT2D eigenvalue weighted by molar-refractivity contribution is -0.132. The zero-order valence-corrected chi connectivity index (χ0v) is 6.42. The molecule has 1 atom stereocenters. The highest BCUT2D eigenvalue weighted by atomic mass is 16.2. The first-order valence-corrected chi connectivity index (χ1v) is 3.64. The van der Waals surface area contributed by atoms with E-state index in [2.05, 4.69) is 6.58 Å². The average molecular weight is 155 g/mol. The van der Waals surface area contributed by atoms with Gasteiger partial charge in [0.1, 0.15) is 0 Å². The van der Waals surface area contributed by atoms with E-state index in [0.717, 1.165) is 12.8 Å². The molecule has 4 heteroatoms. The summed E-state index contributed by atoms with van der Waals surface area (Å²) in [6, 6.07) is -0.385. The van der Waals surface area contributed by atoms with E-state index in [1.807, 2.05) is 0 Å². The number of hydrogen-bond acceptors (Lipinski definition) is 3. The molecule has 0 bridgehead atoms. The molecule has 4 N–H and O–H groups in total. The molecule has 0 aromatic heterocycles. The molecule has 1 saturated heterocycles. The van der Waals surface area contributed by atoms with E-state index in [1.54, 1.807) is 0 Å². The number of nitrogens with zero attached hydrogens (tertiary/aromatic N) is 1. The Morgan fingerprint density at radius 2 is 2.36 bits per heavy atom. The van der Waals surface area contributed by atoms with Gasteiger partial charge in [0, 0.05) is 6.54 Å². The van der Waals surface area contributed by atoms with Crippen LogP contribution < -0.4 is 11.5 Å². The molecule has 4 nitrogen and oxygen atoms in total. The van der Waals surface area contributed by atoms with Crippen LogP contribution in [-0.4, -0.2) is 23.4 Å². The number of rotatable bonds is 1. The summed E-state index contributed by atoms with van der Waals surface area (Å²) in [5.74, 6) is 0.189. The van der Waals surface area contributed by atoms with Crippen molar-refractivity contribution < 1.29 is 4.79 Å². The van der Waals surface area contributed by atoms with E-state index in [-0.39, 0.29) is 11.9 Å². The number of amides is 1. The third-order valence-corrected chi connectivity index (χ3v) is 1.83. The first-order chi connectivity index (χ1) is 5.13. The zero-order valence-electron chi connectivity index (χ0n) is 6.42. The molecule has 62 valence electrons. The van der Waals surface area contributed by atoms with E-state index in [1.165, 1.54) is 4.90 Å². The van der Waals surface area contributed by atoms with Gasteiger partial charge < -0.3 is 11.5 Å². The predicted octanol–water partition coefficient (Wildman–Crippen LogP) is -0.634. The minimum Gasteiger partial charge on any atom is -0.386 e. The van der Waals surface area contributed by atoms with Crippen LogP contribution in [0.3, 0.4) is 0 Å². The maximum absolute atomic E-state index is 11.2. The summed E-state index contributed by atoms with van der Waals surface area (Å²) in [6.07, 6.45) is 1.66. The van der Waals surface area contributed by atoms with Gasteiger partial charge in [0.2, 0.25) is 5.91 Å². The highest BCUT2D eigenvalue weighted by molar-refractivity contribution is 5.83. The second kappa shape index (κ2) is 2.92. The van der Waals surface area contributed by atoms with Crippen molar-refractivity contribution >= 4 is 5.91 Å². The lowest BCUT2D eigenvalue weighted by atomic mass is 10.1. The smallest absolute Gasteiger partial charge is 0.244 e. The highest BCUT2D eigenvalue weighted by Gasteiger charge is 2.25. The second-order valence-electron chi connectivity index (χ2n) is 2.73. The zero-order chi connectivity index (χ0) is 8.43. The first-order valence-electron chi connectivity index (χ1n) is 3.64. The van der Waals surface area contributed by atoms with Gasteiger partial charge in [-0.3, -0.25) is 9.69 Å². The highest BCUT2D eigenvalue weighted by Crippen LogP contribution is 2.11. The lowest BCUT2D eigenvalue weighted by Gasteiger charge is -2.29. The van der Waals surface area contributed by atoms with E-state index in [9.17, 15) is 4.79 Å². The predicted molar refractivity (Wildman–Crippen MR) is 42.2 cm³/mol. The molecule has 0 aromatic rings. The van der Waals surface area contributed by atoms with Crippen molar-refractivity contribution in [2.75, 3.05) is 6.54 Å². The number of likely N-dealkylation sites (tertiary alicyclic amines) is 1. The molecular weight excluding hydrogens is 142 g/mol. The van der Waals surface area contributed by atoms with Crippen molar-refractivity contribution in [1.29, 1.82) is 0 Å². The molecule has 1 rings (SSSR count). The Kier molecular flexibility index (Phi) is 2.14. The van der Waals surface area contributed by atoms with Crippen molar-refractivity contribution in [1.82, 2.24) is 4.90 Å². The topological polar surface area (TPSA) is 72.3 Å². The summed E-state index contributed by atoms with van der Waals surface area (Å²) in [6.45, 7) is 4.15. The maximum Gasteiger partial charge on any atom is 0.244 e. The number of carbonyl (C=O) groups excluding carboxylic acids is 1. The van der Waals surface area contributed by atoms with E-state index in [0.29, 0.717) is 12.4 Å². The summed E-state index contributed by atoms with van der Waals surface area (Å²) in [4.78, 5) is 12.7. The molecule has 11 heavy (non-hydrogen) atoms. The summed E-state index contributed by atoms with van der Waals surface area (Å²) < 4.78 is 0. The van der Waals surface area contributed by atoms with E-state index >= 15 is 0 Å². The molecule has 1 fully saturated rings. The number of carbonyl (C=O) groups is 1. The van der Waals surface area contributed by atoms with Gasteiger partial charge in [-0.15, -0.1) is 0 Å². The fourth-order valence-corrected chi connectivity index (χ4v) is 1.19. The van der Waals surface area contributed by atoms with Crippen molar-refractivity contribution in [2.24, 2.45) is 11.5 Å². The third kappa shape index (κ3) is 1.51. The molecule has 0 aromatic carbocycles. The molecule has 1 heterocycles. The molecular formula is C7H13N3O. The fourth-order valence-electron chi connectivity index (χ4n) is 1.19. The van der Waals surface area contributed by atoms with E-state index in [4.69, 9.17) is 11.5 Å². The van der Waals surface area contributed by atoms with Gasteiger partial charge in [-0.1, -0.05) is 6.58 Å². The lowest BCUT2D eigenvalue weighted by Crippen LogP contribution is -2.48. The molecule has 1 amide bonds. The quantitative estimate of drug-likeness (QED) is 0.529. The first kappa shape index (κ1) is 8.07. The van der Waals surface area contributed by atoms with Gasteiger partial charge in [0.15, 0.2) is 0 Å². The third-order valence-electron chi connectivity index (χ3n) is 1.83. The summed E-state index contributed by atoms with van der Waals surface area (Å²) >= 11 is 0. The molecule has 0 saturated carbocycles. The molecule has 0 unspecified atom stereocenters. The van der Waals surface area contributed by atoms with Gasteiger partial charge in [-0.2, -0.15) is 0 Å². The van der Waals surface area contributed by atoms with Gasteiger partial charge in [-0.25, -0.2) is 0 Å². The molecule has 0 radical (unpaired) electrons. The fraction of sp³-hybridized carbons (Fsp3) is 0.571. The summed E-state index contributed by atoms with van der Waals surface area (Å²) in [7, 11) is 0. The van der Waals surface area contributed by atoms with Crippen LogP contribution in [0, 0.1) is 0 Å². The van der Waals surface area contributed by atoms with E-state index < -0.39 is 0 Å². The Morgan fingerprint density at radius 1 is 1.73 bits per heavy atom. The largest absolute Gasteiger partial charge is 0.386 e. The van der Waals surface area contributed by atoms with Crippen LogP contribution >= 0.6 is 0 Å². The Morgan fingerprint density at radius 3 is 2.82 bits per heavy atom. The van der Waals surface area contributed by atoms with Gasteiger partial charge in [0.25, 0.3) is 0 Å². The molecule has 0 aliphatic carbocycles. The van der Waals surface area contributed by atoms with Crippen LogP contribution in [0.5, 0.6) is 0 Å². The normalized spacial score (nSPS) is 25.4. The van der Waals surface area contributed by atoms with Crippen LogP contribution in [0.1, 0.15) is 12.8 Å². The van der Waals surface area contributed by atoms with Gasteiger partial charge in [0.05, 0.1) is 11.9 Å². The van der Waals surface area contributed by atoms with Crippen LogP contribution in [0.4, 0.5) is 0 Å². The Balaban J connectivity index is 2.66. The minimum atomic E-state index is -0.385. The van der Waals surface area contributed by atoms with Crippen molar-refractivity contribution in [3.8, 4) is 0 Å². The Labute approximate surface area is 65.8 Å². The van der Waals surface area contributed by atoms with Gasteiger partial charge >= 0.3 is 0 Å². The number of nitrogens with two attached hydrogens (primary N) is 2. The van der Waals surface area contributed by atoms with Crippen molar-refractivity contribution in [3.05, 3.63) is 12.4 Å². The standard InChI is InChI=1S/C7H13N3O/c1-5(8)10-4-2-3-6(9)7(10)11/h6H,1-4,8-9H2/t6-/m0/s1. The maximum atomic E-state index is 11.2. The average Bonchev–Trinajstić information content (AvgIpc) is 1.94. The van der Waals surface area contributed by atoms with Crippen LogP contribution in [0.2, 0.25) is 0 Å². The summed E-state index contributed by atoms with van der Waals surface area (Å²) in [5.41, 5.74) is 10.9. The second-order valence-corrected chi connectivity index (χ2v) is 2.73. The molecule has 1 aliphatic rings.